The van der Waals surface area contributed by atoms with Gasteiger partial charge in [0.25, 0.3) is 0 Å². The standard InChI is InChI=1S/C27H29N3O3/c1-20-7-3-6-10-25(20)33-18-17-30-24-9-5-4-8-23(24)29-26(30)15-16-28-27(31)19-21-11-13-22(32-2)14-12-21/h3-14H,15-19H2,1-2H3,(H,28,31). The van der Waals surface area contributed by atoms with E-state index >= 15 is 0 Å². The van der Waals surface area contributed by atoms with Crippen molar-refractivity contribution in [2.45, 2.75) is 26.3 Å². The Hall–Kier alpha value is -3.80. The molecule has 1 amide bonds. The van der Waals surface area contributed by atoms with E-state index in [1.165, 1.54) is 0 Å². The molecule has 0 unspecified atom stereocenters. The predicted octanol–water partition coefficient (Wildman–Crippen LogP) is 4.33. The summed E-state index contributed by atoms with van der Waals surface area (Å²) >= 11 is 0. The lowest BCUT2D eigenvalue weighted by Crippen LogP contribution is -2.28. The topological polar surface area (TPSA) is 65.4 Å². The highest BCUT2D eigenvalue weighted by Gasteiger charge is 2.12. The lowest BCUT2D eigenvalue weighted by molar-refractivity contribution is -0.120. The fourth-order valence-corrected chi connectivity index (χ4v) is 3.84. The van der Waals surface area contributed by atoms with E-state index in [9.17, 15) is 4.79 Å². The van der Waals surface area contributed by atoms with Gasteiger partial charge < -0.3 is 19.4 Å². The fraction of sp³-hybridized carbons (Fsp3) is 0.259. The minimum atomic E-state index is -0.00860. The Bertz CT molecular complexity index is 1220. The van der Waals surface area contributed by atoms with Gasteiger partial charge in [0.1, 0.15) is 23.9 Å². The normalized spacial score (nSPS) is 10.8. The zero-order chi connectivity index (χ0) is 23.0. The molecule has 0 bridgehead atoms. The number of carbonyl (C=O) groups excluding carboxylic acids is 1. The smallest absolute Gasteiger partial charge is 0.224 e. The fourth-order valence-electron chi connectivity index (χ4n) is 3.84. The highest BCUT2D eigenvalue weighted by atomic mass is 16.5. The average Bonchev–Trinajstić information content (AvgIpc) is 3.18. The summed E-state index contributed by atoms with van der Waals surface area (Å²) in [6, 6.07) is 23.7. The molecule has 170 valence electrons. The molecular formula is C27H29N3O3. The van der Waals surface area contributed by atoms with Gasteiger partial charge in [0, 0.05) is 13.0 Å². The number of fused-ring (bicyclic) bond motifs is 1. The first-order chi connectivity index (χ1) is 16.1. The second-order valence-corrected chi connectivity index (χ2v) is 7.91. The van der Waals surface area contributed by atoms with Crippen LogP contribution < -0.4 is 14.8 Å². The molecule has 6 heteroatoms. The van der Waals surface area contributed by atoms with Crippen LogP contribution in [0.25, 0.3) is 11.0 Å². The number of nitrogens with zero attached hydrogens (tertiary/aromatic N) is 2. The van der Waals surface area contributed by atoms with Crippen LogP contribution in [0.5, 0.6) is 11.5 Å². The van der Waals surface area contributed by atoms with Crippen LogP contribution in [0.4, 0.5) is 0 Å². The molecule has 0 aliphatic rings. The number of aryl methyl sites for hydroxylation is 1. The van der Waals surface area contributed by atoms with Crippen molar-refractivity contribution in [2.24, 2.45) is 0 Å². The monoisotopic (exact) mass is 443 g/mol. The molecule has 33 heavy (non-hydrogen) atoms. The second kappa shape index (κ2) is 10.7. The first-order valence-corrected chi connectivity index (χ1v) is 11.2. The molecule has 0 atom stereocenters. The summed E-state index contributed by atoms with van der Waals surface area (Å²) in [5.74, 6) is 2.61. The Balaban J connectivity index is 1.36. The van der Waals surface area contributed by atoms with E-state index in [0.717, 1.165) is 39.5 Å². The molecule has 1 aromatic heterocycles. The highest BCUT2D eigenvalue weighted by molar-refractivity contribution is 5.78. The number of rotatable bonds is 10. The molecule has 0 fully saturated rings. The van der Waals surface area contributed by atoms with Gasteiger partial charge >= 0.3 is 0 Å². The number of aromatic nitrogens is 2. The Kier molecular flexibility index (Phi) is 7.25. The summed E-state index contributed by atoms with van der Waals surface area (Å²) in [5.41, 5.74) is 4.10. The third kappa shape index (κ3) is 5.71. The summed E-state index contributed by atoms with van der Waals surface area (Å²) in [6.45, 7) is 3.80. The van der Waals surface area contributed by atoms with Crippen molar-refractivity contribution >= 4 is 16.9 Å². The maximum absolute atomic E-state index is 12.4. The van der Waals surface area contributed by atoms with Crippen molar-refractivity contribution in [3.05, 3.63) is 89.7 Å². The quantitative estimate of drug-likeness (QED) is 0.396. The van der Waals surface area contributed by atoms with Crippen LogP contribution in [0.15, 0.2) is 72.8 Å². The average molecular weight is 444 g/mol. The van der Waals surface area contributed by atoms with Gasteiger partial charge in [0.15, 0.2) is 0 Å². The maximum atomic E-state index is 12.4. The molecule has 1 N–H and O–H groups in total. The van der Waals surface area contributed by atoms with Gasteiger partial charge in [0.05, 0.1) is 31.1 Å². The molecular weight excluding hydrogens is 414 g/mol. The van der Waals surface area contributed by atoms with E-state index in [1.807, 2.05) is 73.7 Å². The lowest BCUT2D eigenvalue weighted by Gasteiger charge is -2.12. The summed E-state index contributed by atoms with van der Waals surface area (Å²) in [5, 5.41) is 3.01. The molecule has 0 saturated carbocycles. The molecule has 0 aliphatic heterocycles. The predicted molar refractivity (Wildman–Crippen MR) is 130 cm³/mol. The van der Waals surface area contributed by atoms with Crippen LogP contribution in [0.3, 0.4) is 0 Å². The van der Waals surface area contributed by atoms with Crippen LogP contribution >= 0.6 is 0 Å². The largest absolute Gasteiger partial charge is 0.497 e. The van der Waals surface area contributed by atoms with Crippen LogP contribution in [0.1, 0.15) is 17.0 Å². The van der Waals surface area contributed by atoms with Crippen molar-refractivity contribution in [2.75, 3.05) is 20.3 Å². The molecule has 0 aliphatic carbocycles. The van der Waals surface area contributed by atoms with E-state index in [0.29, 0.717) is 32.5 Å². The SMILES string of the molecule is COc1ccc(CC(=O)NCCc2nc3ccccc3n2CCOc2ccccc2C)cc1. The van der Waals surface area contributed by atoms with Crippen LogP contribution in [0, 0.1) is 6.92 Å². The van der Waals surface area contributed by atoms with E-state index in [-0.39, 0.29) is 5.91 Å². The first-order valence-electron chi connectivity index (χ1n) is 11.2. The molecule has 6 nitrogen and oxygen atoms in total. The number of para-hydroxylation sites is 3. The molecule has 3 aromatic carbocycles. The third-order valence-corrected chi connectivity index (χ3v) is 5.59. The Labute approximate surface area is 194 Å². The number of nitrogens with one attached hydrogen (secondary N) is 1. The highest BCUT2D eigenvalue weighted by Crippen LogP contribution is 2.19. The molecule has 4 aromatic rings. The number of ether oxygens (including phenoxy) is 2. The van der Waals surface area contributed by atoms with Gasteiger partial charge in [-0.3, -0.25) is 4.79 Å². The Morgan fingerprint density at radius 2 is 1.76 bits per heavy atom. The number of hydrogen-bond acceptors (Lipinski definition) is 4. The maximum Gasteiger partial charge on any atom is 0.224 e. The molecule has 4 rings (SSSR count). The third-order valence-electron chi connectivity index (χ3n) is 5.59. The summed E-state index contributed by atoms with van der Waals surface area (Å²) < 4.78 is 13.4. The van der Waals surface area contributed by atoms with Crippen molar-refractivity contribution in [1.82, 2.24) is 14.9 Å². The minimum Gasteiger partial charge on any atom is -0.497 e. The molecule has 0 spiro atoms. The summed E-state index contributed by atoms with van der Waals surface area (Å²) in [6.07, 6.45) is 0.984. The lowest BCUT2D eigenvalue weighted by atomic mass is 10.1. The minimum absolute atomic E-state index is 0.00860. The van der Waals surface area contributed by atoms with Crippen LogP contribution in [-0.2, 0) is 24.2 Å². The zero-order valence-corrected chi connectivity index (χ0v) is 19.1. The van der Waals surface area contributed by atoms with Crippen molar-refractivity contribution in [1.29, 1.82) is 0 Å². The Morgan fingerprint density at radius 1 is 1.00 bits per heavy atom. The summed E-state index contributed by atoms with van der Waals surface area (Å²) in [7, 11) is 1.63. The van der Waals surface area contributed by atoms with Gasteiger partial charge in [-0.1, -0.05) is 42.5 Å². The molecule has 0 radical (unpaired) electrons. The van der Waals surface area contributed by atoms with E-state index < -0.39 is 0 Å². The molecule has 0 saturated heterocycles. The zero-order valence-electron chi connectivity index (χ0n) is 19.1. The number of hydrogen-bond donors (Lipinski definition) is 1. The van der Waals surface area contributed by atoms with Gasteiger partial charge in [0.2, 0.25) is 5.91 Å². The number of benzene rings is 3. The Morgan fingerprint density at radius 3 is 2.55 bits per heavy atom. The van der Waals surface area contributed by atoms with Crippen molar-refractivity contribution in [3.63, 3.8) is 0 Å². The number of imidazole rings is 1. The van der Waals surface area contributed by atoms with E-state index in [2.05, 4.69) is 16.0 Å². The number of amides is 1. The number of carbonyl (C=O) groups is 1. The van der Waals surface area contributed by atoms with E-state index in [1.54, 1.807) is 7.11 Å². The van der Waals surface area contributed by atoms with Gasteiger partial charge in [-0.25, -0.2) is 4.98 Å². The van der Waals surface area contributed by atoms with Gasteiger partial charge in [-0.15, -0.1) is 0 Å². The second-order valence-electron chi connectivity index (χ2n) is 7.91. The van der Waals surface area contributed by atoms with Crippen molar-refractivity contribution < 1.29 is 14.3 Å². The van der Waals surface area contributed by atoms with Crippen LogP contribution in [-0.4, -0.2) is 35.7 Å². The summed E-state index contributed by atoms with van der Waals surface area (Å²) in [4.78, 5) is 17.2. The first kappa shape index (κ1) is 22.4. The number of methoxy groups -OCH3 is 1. The molecule has 1 heterocycles. The van der Waals surface area contributed by atoms with Gasteiger partial charge in [-0.2, -0.15) is 0 Å². The van der Waals surface area contributed by atoms with E-state index in [4.69, 9.17) is 14.5 Å². The van der Waals surface area contributed by atoms with Crippen molar-refractivity contribution in [3.8, 4) is 11.5 Å². The van der Waals surface area contributed by atoms with Gasteiger partial charge in [-0.05, 0) is 48.4 Å². The van der Waals surface area contributed by atoms with Crippen LogP contribution in [0.2, 0.25) is 0 Å².